The monoisotopic (exact) mass is 546 g/mol. The van der Waals surface area contributed by atoms with Crippen LogP contribution in [-0.4, -0.2) is 55.0 Å². The lowest BCUT2D eigenvalue weighted by Gasteiger charge is -2.38. The van der Waals surface area contributed by atoms with Crippen molar-refractivity contribution in [3.05, 3.63) is 92.7 Å². The summed E-state index contributed by atoms with van der Waals surface area (Å²) >= 11 is 1.76. The van der Waals surface area contributed by atoms with E-state index in [-0.39, 0.29) is 24.4 Å². The largest absolute Gasteiger partial charge is 0.385 e. The SMILES string of the molecule is CCCCCCc1ccc(C(=O)N(CCCOC)CC(=O)N2CCc3sccc3C2c2ccccc2C)cc1. The smallest absolute Gasteiger partial charge is 0.254 e. The molecule has 6 heteroatoms. The van der Waals surface area contributed by atoms with Crippen LogP contribution in [0.5, 0.6) is 0 Å². The number of hydrogen-bond acceptors (Lipinski definition) is 4. The summed E-state index contributed by atoms with van der Waals surface area (Å²) in [5.74, 6) is -0.115. The summed E-state index contributed by atoms with van der Waals surface area (Å²) < 4.78 is 5.26. The standard InChI is InChI=1S/C33H42N2O3S/c1-4-5-6-7-12-26-14-16-27(17-15-26)33(37)34(20-10-22-38-3)24-31(36)35-21-18-30-29(19-23-39-30)32(35)28-13-9-8-11-25(28)2/h8-9,11,13-17,19,23,32H,4-7,10,12,18,20-22,24H2,1-3H3. The normalized spacial score (nSPS) is 14.7. The maximum absolute atomic E-state index is 13.9. The summed E-state index contributed by atoms with van der Waals surface area (Å²) in [6.07, 6.45) is 7.45. The zero-order valence-electron chi connectivity index (χ0n) is 23.7. The molecular weight excluding hydrogens is 504 g/mol. The van der Waals surface area contributed by atoms with E-state index in [2.05, 4.69) is 49.6 Å². The van der Waals surface area contributed by atoms with Gasteiger partial charge in [0.15, 0.2) is 0 Å². The zero-order chi connectivity index (χ0) is 27.6. The minimum Gasteiger partial charge on any atom is -0.385 e. The molecule has 0 aliphatic carbocycles. The number of nitrogens with zero attached hydrogens (tertiary/aromatic N) is 2. The van der Waals surface area contributed by atoms with Gasteiger partial charge in [-0.1, -0.05) is 62.6 Å². The maximum Gasteiger partial charge on any atom is 0.254 e. The number of hydrogen-bond donors (Lipinski definition) is 0. The van der Waals surface area contributed by atoms with Crippen molar-refractivity contribution in [2.75, 3.05) is 33.4 Å². The number of aryl methyl sites for hydroxylation is 2. The Morgan fingerprint density at radius 2 is 1.79 bits per heavy atom. The van der Waals surface area contributed by atoms with Crippen molar-refractivity contribution < 1.29 is 14.3 Å². The molecule has 39 heavy (non-hydrogen) atoms. The molecule has 208 valence electrons. The summed E-state index contributed by atoms with van der Waals surface area (Å²) in [4.78, 5) is 32.6. The van der Waals surface area contributed by atoms with E-state index in [1.807, 2.05) is 29.2 Å². The highest BCUT2D eigenvalue weighted by Gasteiger charge is 2.34. The van der Waals surface area contributed by atoms with E-state index in [0.717, 1.165) is 18.4 Å². The van der Waals surface area contributed by atoms with Crippen LogP contribution in [0.25, 0.3) is 0 Å². The lowest BCUT2D eigenvalue weighted by Crippen LogP contribution is -2.47. The Hall–Kier alpha value is -2.96. The van der Waals surface area contributed by atoms with E-state index < -0.39 is 0 Å². The topological polar surface area (TPSA) is 49.9 Å². The molecule has 1 aliphatic rings. The van der Waals surface area contributed by atoms with Crippen LogP contribution in [0.1, 0.15) is 82.6 Å². The Morgan fingerprint density at radius 1 is 1.00 bits per heavy atom. The number of unbranched alkanes of at least 4 members (excludes halogenated alkanes) is 3. The molecule has 1 aliphatic heterocycles. The van der Waals surface area contributed by atoms with Gasteiger partial charge >= 0.3 is 0 Å². The predicted octanol–water partition coefficient (Wildman–Crippen LogP) is 6.83. The van der Waals surface area contributed by atoms with E-state index in [4.69, 9.17) is 4.74 Å². The number of methoxy groups -OCH3 is 1. The van der Waals surface area contributed by atoms with Crippen molar-refractivity contribution in [3.63, 3.8) is 0 Å². The third-order valence-corrected chi connectivity index (χ3v) is 8.68. The summed E-state index contributed by atoms with van der Waals surface area (Å²) in [7, 11) is 1.66. The van der Waals surface area contributed by atoms with Crippen molar-refractivity contribution in [3.8, 4) is 0 Å². The van der Waals surface area contributed by atoms with Gasteiger partial charge in [0, 0.05) is 37.2 Å². The quantitative estimate of drug-likeness (QED) is 0.221. The van der Waals surface area contributed by atoms with Crippen LogP contribution in [0.3, 0.4) is 0 Å². The number of rotatable bonds is 13. The number of carbonyl (C=O) groups is 2. The molecule has 1 aromatic heterocycles. The molecule has 0 saturated heterocycles. The number of ether oxygens (including phenoxy) is 1. The fourth-order valence-corrected chi connectivity index (χ4v) is 6.38. The molecule has 0 saturated carbocycles. The first-order valence-corrected chi connectivity index (χ1v) is 15.2. The number of thiophene rings is 1. The van der Waals surface area contributed by atoms with Gasteiger partial charge in [0.2, 0.25) is 5.91 Å². The fraction of sp³-hybridized carbons (Fsp3) is 0.455. The maximum atomic E-state index is 13.9. The molecule has 1 unspecified atom stereocenters. The number of amides is 2. The van der Waals surface area contributed by atoms with Crippen LogP contribution in [-0.2, 0) is 22.4 Å². The van der Waals surface area contributed by atoms with Gasteiger partial charge in [-0.2, -0.15) is 0 Å². The Bertz CT molecular complexity index is 1220. The minimum absolute atomic E-state index is 0.0154. The Kier molecular flexibility index (Phi) is 10.7. The van der Waals surface area contributed by atoms with Crippen LogP contribution in [0.4, 0.5) is 0 Å². The third kappa shape index (κ3) is 7.37. The summed E-state index contributed by atoms with van der Waals surface area (Å²) in [6, 6.07) is 18.3. The second-order valence-electron chi connectivity index (χ2n) is 10.5. The molecule has 0 bridgehead atoms. The van der Waals surface area contributed by atoms with Crippen molar-refractivity contribution in [1.29, 1.82) is 0 Å². The van der Waals surface area contributed by atoms with Crippen molar-refractivity contribution in [2.24, 2.45) is 0 Å². The molecular formula is C33H42N2O3S. The number of carbonyl (C=O) groups excluding carboxylic acids is 2. The van der Waals surface area contributed by atoms with Crippen LogP contribution in [0.15, 0.2) is 60.0 Å². The molecule has 0 spiro atoms. The Labute approximate surface area is 237 Å². The highest BCUT2D eigenvalue weighted by Crippen LogP contribution is 2.39. The summed E-state index contributed by atoms with van der Waals surface area (Å²) in [5, 5.41) is 2.12. The highest BCUT2D eigenvalue weighted by molar-refractivity contribution is 7.10. The van der Waals surface area contributed by atoms with Crippen LogP contribution < -0.4 is 0 Å². The van der Waals surface area contributed by atoms with Crippen molar-refractivity contribution in [1.82, 2.24) is 9.80 Å². The molecule has 0 N–H and O–H groups in total. The molecule has 1 atom stereocenters. The van der Waals surface area contributed by atoms with Crippen molar-refractivity contribution >= 4 is 23.2 Å². The molecule has 2 aromatic carbocycles. The first kappa shape index (κ1) is 29.0. The summed E-state index contributed by atoms with van der Waals surface area (Å²) in [6.45, 7) is 6.05. The average molecular weight is 547 g/mol. The Morgan fingerprint density at radius 3 is 2.54 bits per heavy atom. The predicted molar refractivity (Wildman–Crippen MR) is 159 cm³/mol. The lowest BCUT2D eigenvalue weighted by atomic mass is 9.90. The van der Waals surface area contributed by atoms with E-state index in [1.165, 1.54) is 47.3 Å². The second-order valence-corrected chi connectivity index (χ2v) is 11.5. The minimum atomic E-state index is -0.128. The molecule has 2 amide bonds. The van der Waals surface area contributed by atoms with Crippen LogP contribution in [0.2, 0.25) is 0 Å². The molecule has 0 fully saturated rings. The second kappa shape index (κ2) is 14.4. The third-order valence-electron chi connectivity index (χ3n) is 7.68. The van der Waals surface area contributed by atoms with E-state index in [0.29, 0.717) is 31.7 Å². The highest BCUT2D eigenvalue weighted by atomic mass is 32.1. The van der Waals surface area contributed by atoms with E-state index in [1.54, 1.807) is 23.3 Å². The summed E-state index contributed by atoms with van der Waals surface area (Å²) in [5.41, 5.74) is 5.41. The Balaban J connectivity index is 1.52. The van der Waals surface area contributed by atoms with Gasteiger partial charge in [-0.3, -0.25) is 9.59 Å². The number of fused-ring (bicyclic) bond motifs is 1. The van der Waals surface area contributed by atoms with Crippen molar-refractivity contribution in [2.45, 2.75) is 64.8 Å². The molecule has 2 heterocycles. The van der Waals surface area contributed by atoms with E-state index >= 15 is 0 Å². The van der Waals surface area contributed by atoms with E-state index in [9.17, 15) is 9.59 Å². The van der Waals surface area contributed by atoms with Gasteiger partial charge in [0.05, 0.1) is 6.04 Å². The van der Waals surface area contributed by atoms with Crippen LogP contribution in [0, 0.1) is 6.92 Å². The van der Waals surface area contributed by atoms with Gasteiger partial charge < -0.3 is 14.5 Å². The molecule has 5 nitrogen and oxygen atoms in total. The number of benzene rings is 2. The first-order valence-electron chi connectivity index (χ1n) is 14.3. The first-order chi connectivity index (χ1) is 19.0. The average Bonchev–Trinajstić information content (AvgIpc) is 3.44. The van der Waals surface area contributed by atoms with Crippen LogP contribution >= 0.6 is 11.3 Å². The van der Waals surface area contributed by atoms with Gasteiger partial charge in [-0.15, -0.1) is 11.3 Å². The van der Waals surface area contributed by atoms with Gasteiger partial charge in [-0.05, 0) is 78.4 Å². The van der Waals surface area contributed by atoms with Gasteiger partial charge in [0.1, 0.15) is 6.54 Å². The lowest BCUT2D eigenvalue weighted by molar-refractivity contribution is -0.134. The fourth-order valence-electron chi connectivity index (χ4n) is 5.47. The molecule has 4 rings (SSSR count). The molecule has 0 radical (unpaired) electrons. The molecule has 3 aromatic rings. The van der Waals surface area contributed by atoms with Gasteiger partial charge in [0.25, 0.3) is 5.91 Å². The van der Waals surface area contributed by atoms with Gasteiger partial charge in [-0.25, -0.2) is 0 Å². The zero-order valence-corrected chi connectivity index (χ0v) is 24.5.